The van der Waals surface area contributed by atoms with Gasteiger partial charge in [0.1, 0.15) is 0 Å². The molecule has 3 nitrogen and oxygen atoms in total. The fourth-order valence-corrected chi connectivity index (χ4v) is 3.15. The summed E-state index contributed by atoms with van der Waals surface area (Å²) in [6.45, 7) is 5.09. The smallest absolute Gasteiger partial charge is 0.228 e. The molecular weight excluding hydrogens is 248 g/mol. The third kappa shape index (κ3) is 3.60. The summed E-state index contributed by atoms with van der Waals surface area (Å²) >= 11 is 0. The fourth-order valence-electron chi connectivity index (χ4n) is 3.15. The predicted octanol–water partition coefficient (Wildman–Crippen LogP) is 3.34. The molecule has 0 aliphatic heterocycles. The lowest BCUT2D eigenvalue weighted by molar-refractivity contribution is -0.122. The van der Waals surface area contributed by atoms with Gasteiger partial charge < -0.3 is 11.1 Å². The van der Waals surface area contributed by atoms with Crippen LogP contribution in [0.1, 0.15) is 45.1 Å². The van der Waals surface area contributed by atoms with E-state index in [1.54, 1.807) is 0 Å². The van der Waals surface area contributed by atoms with Crippen LogP contribution in [0.5, 0.6) is 0 Å². The largest absolute Gasteiger partial charge is 0.330 e. The van der Waals surface area contributed by atoms with Gasteiger partial charge in [-0.15, -0.1) is 0 Å². The van der Waals surface area contributed by atoms with Crippen LogP contribution in [0.3, 0.4) is 0 Å². The van der Waals surface area contributed by atoms with Gasteiger partial charge in [0.05, 0.1) is 0 Å². The molecule has 0 aromatic heterocycles. The van der Waals surface area contributed by atoms with Gasteiger partial charge in [0.25, 0.3) is 0 Å². The minimum atomic E-state index is 0.126. The molecule has 110 valence electrons. The molecule has 1 atom stereocenters. The minimum absolute atomic E-state index is 0.126. The van der Waals surface area contributed by atoms with Crippen LogP contribution < -0.4 is 11.1 Å². The number of hydrogen-bond donors (Lipinski definition) is 2. The first-order chi connectivity index (χ1) is 9.53. The first-order valence-corrected chi connectivity index (χ1v) is 7.63. The van der Waals surface area contributed by atoms with Gasteiger partial charge >= 0.3 is 0 Å². The van der Waals surface area contributed by atoms with Crippen LogP contribution in [0.4, 0.5) is 5.69 Å². The average molecular weight is 274 g/mol. The van der Waals surface area contributed by atoms with Crippen LogP contribution in [0.2, 0.25) is 0 Å². The number of carbonyl (C=O) groups excluding carboxylic acids is 1. The van der Waals surface area contributed by atoms with E-state index < -0.39 is 0 Å². The number of rotatable bonds is 5. The maximum Gasteiger partial charge on any atom is 0.228 e. The van der Waals surface area contributed by atoms with Gasteiger partial charge in [-0.2, -0.15) is 0 Å². The van der Waals surface area contributed by atoms with Gasteiger partial charge in [0.15, 0.2) is 0 Å². The normalized spacial score (nSPS) is 20.9. The molecule has 1 unspecified atom stereocenters. The summed E-state index contributed by atoms with van der Waals surface area (Å²) < 4.78 is 0. The highest BCUT2D eigenvalue weighted by Gasteiger charge is 2.39. The summed E-state index contributed by atoms with van der Waals surface area (Å²) in [5.41, 5.74) is 7.81. The highest BCUT2D eigenvalue weighted by molar-refractivity contribution is 5.93. The Morgan fingerprint density at radius 1 is 1.45 bits per heavy atom. The molecule has 1 aromatic rings. The van der Waals surface area contributed by atoms with Crippen molar-refractivity contribution in [2.75, 3.05) is 11.9 Å². The summed E-state index contributed by atoms with van der Waals surface area (Å²) in [5, 5.41) is 3.09. The van der Waals surface area contributed by atoms with Crippen molar-refractivity contribution in [3.8, 4) is 0 Å². The zero-order valence-corrected chi connectivity index (χ0v) is 12.6. The van der Waals surface area contributed by atoms with E-state index in [9.17, 15) is 4.79 Å². The van der Waals surface area contributed by atoms with E-state index in [-0.39, 0.29) is 17.2 Å². The average Bonchev–Trinajstić information content (AvgIpc) is 2.76. The Hall–Kier alpha value is -1.35. The van der Waals surface area contributed by atoms with Crippen LogP contribution >= 0.6 is 0 Å². The number of nitrogens with two attached hydrogens (primary N) is 1. The van der Waals surface area contributed by atoms with Crippen molar-refractivity contribution in [3.05, 3.63) is 29.8 Å². The second kappa shape index (κ2) is 6.40. The number of nitrogens with one attached hydrogen (secondary N) is 1. The van der Waals surface area contributed by atoms with Crippen LogP contribution in [-0.2, 0) is 11.2 Å². The van der Waals surface area contributed by atoms with Crippen LogP contribution in [0, 0.1) is 11.3 Å². The summed E-state index contributed by atoms with van der Waals surface area (Å²) in [7, 11) is 0. The minimum Gasteiger partial charge on any atom is -0.330 e. The molecule has 1 amide bonds. The van der Waals surface area contributed by atoms with Crippen molar-refractivity contribution < 1.29 is 4.79 Å². The first kappa shape index (κ1) is 15.0. The Balaban J connectivity index is 2.00. The lowest BCUT2D eigenvalue weighted by Gasteiger charge is -2.25. The summed E-state index contributed by atoms with van der Waals surface area (Å²) in [6, 6.07) is 8.12. The molecule has 1 aromatic carbocycles. The molecule has 1 aliphatic carbocycles. The van der Waals surface area contributed by atoms with Crippen LogP contribution in [0.25, 0.3) is 0 Å². The van der Waals surface area contributed by atoms with E-state index in [0.29, 0.717) is 6.54 Å². The highest BCUT2D eigenvalue weighted by Crippen LogP contribution is 2.43. The molecule has 1 aliphatic rings. The van der Waals surface area contributed by atoms with E-state index in [1.807, 2.05) is 12.1 Å². The maximum atomic E-state index is 12.4. The number of benzene rings is 1. The van der Waals surface area contributed by atoms with Crippen LogP contribution in [0.15, 0.2) is 24.3 Å². The molecule has 0 radical (unpaired) electrons. The van der Waals surface area contributed by atoms with Crippen molar-refractivity contribution in [2.45, 2.75) is 46.0 Å². The Morgan fingerprint density at radius 3 is 2.90 bits per heavy atom. The Kier molecular flexibility index (Phi) is 4.81. The maximum absolute atomic E-state index is 12.4. The SMILES string of the molecule is CC1(C)CCCC1C(=O)Nc1cccc(CCCN)c1. The number of carbonyl (C=O) groups is 1. The van der Waals surface area contributed by atoms with Gasteiger partial charge in [-0.1, -0.05) is 32.4 Å². The van der Waals surface area contributed by atoms with E-state index in [1.165, 1.54) is 5.56 Å². The van der Waals surface area contributed by atoms with E-state index in [2.05, 4.69) is 31.3 Å². The molecule has 1 fully saturated rings. The molecule has 1 saturated carbocycles. The zero-order valence-electron chi connectivity index (χ0n) is 12.6. The van der Waals surface area contributed by atoms with Crippen molar-refractivity contribution in [1.29, 1.82) is 0 Å². The lowest BCUT2D eigenvalue weighted by Crippen LogP contribution is -2.30. The molecule has 0 spiro atoms. The molecular formula is C17H26N2O. The predicted molar refractivity (Wildman–Crippen MR) is 83.6 cm³/mol. The fraction of sp³-hybridized carbons (Fsp3) is 0.588. The topological polar surface area (TPSA) is 55.1 Å². The Labute approximate surface area is 121 Å². The van der Waals surface area contributed by atoms with Crippen molar-refractivity contribution in [3.63, 3.8) is 0 Å². The molecule has 20 heavy (non-hydrogen) atoms. The number of hydrogen-bond acceptors (Lipinski definition) is 2. The van der Waals surface area contributed by atoms with Gasteiger partial charge in [0.2, 0.25) is 5.91 Å². The monoisotopic (exact) mass is 274 g/mol. The van der Waals surface area contributed by atoms with Crippen molar-refractivity contribution in [1.82, 2.24) is 0 Å². The molecule has 3 N–H and O–H groups in total. The van der Waals surface area contributed by atoms with Crippen molar-refractivity contribution >= 4 is 11.6 Å². The van der Waals surface area contributed by atoms with Gasteiger partial charge in [-0.25, -0.2) is 0 Å². The Morgan fingerprint density at radius 2 is 2.25 bits per heavy atom. The molecule has 2 rings (SSSR count). The number of aryl methyl sites for hydroxylation is 1. The number of amides is 1. The number of anilines is 1. The van der Waals surface area contributed by atoms with Gasteiger partial charge in [-0.05, 0) is 55.3 Å². The summed E-state index contributed by atoms with van der Waals surface area (Å²) in [6.07, 6.45) is 5.25. The van der Waals surface area contributed by atoms with Gasteiger partial charge in [0, 0.05) is 11.6 Å². The Bertz CT molecular complexity index is 468. The lowest BCUT2D eigenvalue weighted by atomic mass is 9.81. The molecule has 0 heterocycles. The third-order valence-corrected chi connectivity index (χ3v) is 4.44. The molecule has 0 bridgehead atoms. The van der Waals surface area contributed by atoms with Gasteiger partial charge in [-0.3, -0.25) is 4.79 Å². The molecule has 0 saturated heterocycles. The van der Waals surface area contributed by atoms with E-state index in [0.717, 1.165) is 37.8 Å². The van der Waals surface area contributed by atoms with E-state index in [4.69, 9.17) is 5.73 Å². The quantitative estimate of drug-likeness (QED) is 0.865. The standard InChI is InChI=1S/C17H26N2O/c1-17(2)10-4-9-15(17)16(20)19-14-8-3-6-13(12-14)7-5-11-18/h3,6,8,12,15H,4-5,7,9-11,18H2,1-2H3,(H,19,20). The van der Waals surface area contributed by atoms with Crippen molar-refractivity contribution in [2.24, 2.45) is 17.1 Å². The van der Waals surface area contributed by atoms with Crippen LogP contribution in [-0.4, -0.2) is 12.5 Å². The third-order valence-electron chi connectivity index (χ3n) is 4.44. The first-order valence-electron chi connectivity index (χ1n) is 7.63. The second-order valence-electron chi connectivity index (χ2n) is 6.52. The second-order valence-corrected chi connectivity index (χ2v) is 6.52. The van der Waals surface area contributed by atoms with E-state index >= 15 is 0 Å². The summed E-state index contributed by atoms with van der Waals surface area (Å²) in [4.78, 5) is 12.4. The molecule has 3 heteroatoms. The summed E-state index contributed by atoms with van der Waals surface area (Å²) in [5.74, 6) is 0.304. The zero-order chi connectivity index (χ0) is 14.6. The highest BCUT2D eigenvalue weighted by atomic mass is 16.1.